The van der Waals surface area contributed by atoms with E-state index < -0.39 is 0 Å². The lowest BCUT2D eigenvalue weighted by Crippen LogP contribution is -2.05. The van der Waals surface area contributed by atoms with Crippen LogP contribution in [0.15, 0.2) is 54.6 Å². The Hall–Kier alpha value is -2.00. The van der Waals surface area contributed by atoms with Crippen LogP contribution in [0.4, 0.5) is 5.69 Å². The molecule has 0 aliphatic carbocycles. The van der Waals surface area contributed by atoms with Crippen molar-refractivity contribution in [2.24, 2.45) is 0 Å². The molecule has 0 radical (unpaired) electrons. The van der Waals surface area contributed by atoms with Crippen molar-refractivity contribution >= 4 is 27.1 Å². The van der Waals surface area contributed by atoms with E-state index in [4.69, 9.17) is 4.74 Å². The molecular weight excluding hydrogens is 266 g/mol. The fraction of sp³-hybridized carbons (Fsp3) is 0.176. The maximum Gasteiger partial charge on any atom is 0.141 e. The third-order valence-electron chi connectivity index (χ3n) is 3.35. The van der Waals surface area contributed by atoms with Crippen molar-refractivity contribution < 1.29 is 4.74 Å². The Bertz CT molecular complexity index is 687. The van der Waals surface area contributed by atoms with Crippen molar-refractivity contribution in [2.45, 2.75) is 13.0 Å². The van der Waals surface area contributed by atoms with E-state index in [0.717, 1.165) is 11.4 Å². The number of hydrogen-bond donors (Lipinski definition) is 1. The Morgan fingerprint density at radius 2 is 1.80 bits per heavy atom. The number of ether oxygens (including phenoxy) is 1. The number of benzene rings is 2. The molecule has 0 fully saturated rings. The van der Waals surface area contributed by atoms with E-state index in [1.165, 1.54) is 15.0 Å². The molecule has 3 heteroatoms. The topological polar surface area (TPSA) is 21.3 Å². The molecule has 1 heterocycles. The van der Waals surface area contributed by atoms with E-state index in [2.05, 4.69) is 42.6 Å². The van der Waals surface area contributed by atoms with Gasteiger partial charge in [0.15, 0.2) is 0 Å². The quantitative estimate of drug-likeness (QED) is 0.720. The van der Waals surface area contributed by atoms with Gasteiger partial charge in [-0.25, -0.2) is 0 Å². The van der Waals surface area contributed by atoms with Crippen LogP contribution in [0.3, 0.4) is 0 Å². The summed E-state index contributed by atoms with van der Waals surface area (Å²) in [5.74, 6) is 0.875. The number of thiophene rings is 1. The molecule has 2 aromatic carbocycles. The van der Waals surface area contributed by atoms with Crippen molar-refractivity contribution in [3.8, 4) is 5.75 Å². The molecule has 1 atom stereocenters. The summed E-state index contributed by atoms with van der Waals surface area (Å²) >= 11 is 1.83. The van der Waals surface area contributed by atoms with Crippen molar-refractivity contribution in [1.82, 2.24) is 0 Å². The van der Waals surface area contributed by atoms with Crippen molar-refractivity contribution in [2.75, 3.05) is 12.4 Å². The number of rotatable bonds is 4. The first-order chi connectivity index (χ1) is 9.78. The first-order valence-electron chi connectivity index (χ1n) is 6.66. The van der Waals surface area contributed by atoms with Gasteiger partial charge in [0.2, 0.25) is 0 Å². The van der Waals surface area contributed by atoms with Gasteiger partial charge in [0.1, 0.15) is 5.75 Å². The molecule has 0 amide bonds. The van der Waals surface area contributed by atoms with Gasteiger partial charge < -0.3 is 10.1 Å². The Balaban J connectivity index is 1.87. The minimum absolute atomic E-state index is 0.253. The third kappa shape index (κ3) is 2.49. The van der Waals surface area contributed by atoms with E-state index in [9.17, 15) is 0 Å². The summed E-state index contributed by atoms with van der Waals surface area (Å²) in [6.07, 6.45) is 0. The maximum absolute atomic E-state index is 5.38. The molecule has 20 heavy (non-hydrogen) atoms. The molecule has 3 aromatic rings. The summed E-state index contributed by atoms with van der Waals surface area (Å²) in [4.78, 5) is 1.33. The van der Waals surface area contributed by atoms with Crippen LogP contribution in [0, 0.1) is 0 Å². The number of para-hydroxylation sites is 2. The molecule has 0 saturated heterocycles. The summed E-state index contributed by atoms with van der Waals surface area (Å²) < 4.78 is 6.71. The predicted octanol–water partition coefficient (Wildman–Crippen LogP) is 5.08. The molecule has 0 bridgehead atoms. The zero-order valence-corrected chi connectivity index (χ0v) is 12.4. The second-order valence-corrected chi connectivity index (χ2v) is 5.87. The molecule has 0 saturated carbocycles. The smallest absolute Gasteiger partial charge is 0.141 e. The van der Waals surface area contributed by atoms with E-state index >= 15 is 0 Å². The van der Waals surface area contributed by atoms with Crippen LogP contribution in [0.5, 0.6) is 5.75 Å². The van der Waals surface area contributed by atoms with Crippen LogP contribution in [0.25, 0.3) is 10.1 Å². The lowest BCUT2D eigenvalue weighted by molar-refractivity contribution is 0.416. The van der Waals surface area contributed by atoms with Crippen LogP contribution in [0.1, 0.15) is 17.8 Å². The number of methoxy groups -OCH3 is 1. The Labute approximate surface area is 123 Å². The molecule has 1 aromatic heterocycles. The molecule has 0 aliphatic heterocycles. The number of hydrogen-bond acceptors (Lipinski definition) is 3. The monoisotopic (exact) mass is 283 g/mol. The lowest BCUT2D eigenvalue weighted by Gasteiger charge is -2.16. The summed E-state index contributed by atoms with van der Waals surface area (Å²) in [7, 11) is 1.70. The third-order valence-corrected chi connectivity index (χ3v) is 4.65. The fourth-order valence-electron chi connectivity index (χ4n) is 2.28. The van der Waals surface area contributed by atoms with Gasteiger partial charge in [-0.05, 0) is 36.6 Å². The average molecular weight is 283 g/mol. The summed E-state index contributed by atoms with van der Waals surface area (Å²) in [6.45, 7) is 2.18. The predicted molar refractivity (Wildman–Crippen MR) is 86.9 cm³/mol. The average Bonchev–Trinajstić information content (AvgIpc) is 2.92. The standard InChI is InChI=1S/C17H17NOS/c1-12(18-14-8-4-5-9-15(14)19-2)17-11-13-7-3-6-10-16(13)20-17/h3-12,18H,1-2H3. The fourth-order valence-corrected chi connectivity index (χ4v) is 3.35. The van der Waals surface area contributed by atoms with Gasteiger partial charge in [-0.15, -0.1) is 11.3 Å². The Kier molecular flexibility index (Phi) is 3.61. The van der Waals surface area contributed by atoms with Crippen LogP contribution in [-0.4, -0.2) is 7.11 Å². The van der Waals surface area contributed by atoms with Crippen molar-refractivity contribution in [3.05, 3.63) is 59.5 Å². The Morgan fingerprint density at radius 1 is 1.05 bits per heavy atom. The molecule has 0 aliphatic rings. The SMILES string of the molecule is COc1ccccc1NC(C)c1cc2ccccc2s1. The zero-order valence-electron chi connectivity index (χ0n) is 11.6. The van der Waals surface area contributed by atoms with E-state index in [-0.39, 0.29) is 6.04 Å². The number of nitrogens with one attached hydrogen (secondary N) is 1. The maximum atomic E-state index is 5.38. The summed E-state index contributed by atoms with van der Waals surface area (Å²) in [5.41, 5.74) is 1.03. The van der Waals surface area contributed by atoms with Crippen LogP contribution >= 0.6 is 11.3 Å². The van der Waals surface area contributed by atoms with Crippen molar-refractivity contribution in [3.63, 3.8) is 0 Å². The molecule has 102 valence electrons. The second kappa shape index (κ2) is 5.55. The summed E-state index contributed by atoms with van der Waals surface area (Å²) in [5, 5.41) is 4.83. The van der Waals surface area contributed by atoms with E-state index in [1.54, 1.807) is 7.11 Å². The zero-order chi connectivity index (χ0) is 13.9. The van der Waals surface area contributed by atoms with Gasteiger partial charge in [0.25, 0.3) is 0 Å². The largest absolute Gasteiger partial charge is 0.495 e. The molecule has 0 spiro atoms. The Morgan fingerprint density at radius 3 is 2.60 bits per heavy atom. The molecule has 3 rings (SSSR count). The van der Waals surface area contributed by atoms with Crippen LogP contribution in [0.2, 0.25) is 0 Å². The second-order valence-electron chi connectivity index (χ2n) is 4.75. The molecule has 1 N–H and O–H groups in total. The minimum Gasteiger partial charge on any atom is -0.495 e. The van der Waals surface area contributed by atoms with E-state index in [0.29, 0.717) is 0 Å². The highest BCUT2D eigenvalue weighted by molar-refractivity contribution is 7.19. The van der Waals surface area contributed by atoms with Gasteiger partial charge in [-0.3, -0.25) is 0 Å². The highest BCUT2D eigenvalue weighted by Gasteiger charge is 2.11. The molecule has 2 nitrogen and oxygen atoms in total. The van der Waals surface area contributed by atoms with Crippen molar-refractivity contribution in [1.29, 1.82) is 0 Å². The number of fused-ring (bicyclic) bond motifs is 1. The van der Waals surface area contributed by atoms with Gasteiger partial charge in [0.05, 0.1) is 18.8 Å². The van der Waals surface area contributed by atoms with Crippen LogP contribution < -0.4 is 10.1 Å². The molecule has 1 unspecified atom stereocenters. The highest BCUT2D eigenvalue weighted by atomic mass is 32.1. The highest BCUT2D eigenvalue weighted by Crippen LogP contribution is 2.33. The van der Waals surface area contributed by atoms with Gasteiger partial charge in [-0.1, -0.05) is 30.3 Å². The first-order valence-corrected chi connectivity index (χ1v) is 7.47. The lowest BCUT2D eigenvalue weighted by atomic mass is 10.2. The first kappa shape index (κ1) is 13.0. The van der Waals surface area contributed by atoms with Crippen LogP contribution in [-0.2, 0) is 0 Å². The minimum atomic E-state index is 0.253. The van der Waals surface area contributed by atoms with Gasteiger partial charge in [0, 0.05) is 9.58 Å². The van der Waals surface area contributed by atoms with Gasteiger partial charge >= 0.3 is 0 Å². The molecular formula is C17H17NOS. The number of anilines is 1. The normalized spacial score (nSPS) is 12.3. The van der Waals surface area contributed by atoms with E-state index in [1.807, 2.05) is 35.6 Å². The summed E-state index contributed by atoms with van der Waals surface area (Å²) in [6, 6.07) is 19.0. The van der Waals surface area contributed by atoms with Gasteiger partial charge in [-0.2, -0.15) is 0 Å².